The highest BCUT2D eigenvalue weighted by molar-refractivity contribution is 8.00. The number of carbonyl (C=O) groups excluding carboxylic acids is 2. The zero-order chi connectivity index (χ0) is 22.5. The first-order chi connectivity index (χ1) is 15.5. The van der Waals surface area contributed by atoms with Gasteiger partial charge in [0.15, 0.2) is 0 Å². The Hall–Kier alpha value is -3.52. The van der Waals surface area contributed by atoms with Gasteiger partial charge in [0, 0.05) is 17.1 Å². The highest BCUT2D eigenvalue weighted by Gasteiger charge is 2.34. The molecule has 4 rings (SSSR count). The second kappa shape index (κ2) is 9.74. The number of carbonyl (C=O) groups is 2. The highest BCUT2D eigenvalue weighted by atomic mass is 32.2. The van der Waals surface area contributed by atoms with E-state index in [4.69, 9.17) is 4.74 Å². The van der Waals surface area contributed by atoms with Crippen LogP contribution in [0.5, 0.6) is 5.75 Å². The van der Waals surface area contributed by atoms with Gasteiger partial charge in [-0.2, -0.15) is 0 Å². The van der Waals surface area contributed by atoms with E-state index in [1.165, 1.54) is 23.9 Å². The lowest BCUT2D eigenvalue weighted by Gasteiger charge is -2.24. The van der Waals surface area contributed by atoms with E-state index in [1.807, 2.05) is 25.1 Å². The molecule has 0 aliphatic carbocycles. The van der Waals surface area contributed by atoms with Crippen molar-refractivity contribution in [3.63, 3.8) is 0 Å². The molecule has 0 spiro atoms. The summed E-state index contributed by atoms with van der Waals surface area (Å²) in [6, 6.07) is 20.0. The van der Waals surface area contributed by atoms with Crippen LogP contribution in [0.3, 0.4) is 0 Å². The molecule has 3 aromatic rings. The molecule has 3 aromatic carbocycles. The van der Waals surface area contributed by atoms with Gasteiger partial charge in [0.05, 0.1) is 12.4 Å². The van der Waals surface area contributed by atoms with Crippen LogP contribution in [0.15, 0.2) is 72.8 Å². The predicted octanol–water partition coefficient (Wildman–Crippen LogP) is 5.65. The van der Waals surface area contributed by atoms with Gasteiger partial charge in [-0.3, -0.25) is 9.69 Å². The Morgan fingerprint density at radius 2 is 1.78 bits per heavy atom. The summed E-state index contributed by atoms with van der Waals surface area (Å²) >= 11 is 1.49. The summed E-state index contributed by atoms with van der Waals surface area (Å²) in [6.45, 7) is 2.49. The Kier molecular flexibility index (Phi) is 6.61. The monoisotopic (exact) mass is 451 g/mol. The van der Waals surface area contributed by atoms with Crippen molar-refractivity contribution in [3.8, 4) is 5.75 Å². The van der Waals surface area contributed by atoms with E-state index in [2.05, 4.69) is 10.6 Å². The molecular weight excluding hydrogens is 429 g/mol. The van der Waals surface area contributed by atoms with Crippen LogP contribution in [-0.2, 0) is 4.79 Å². The molecular formula is C24H22FN3O3S. The van der Waals surface area contributed by atoms with Gasteiger partial charge in [-0.05, 0) is 73.2 Å². The van der Waals surface area contributed by atoms with Crippen LogP contribution in [0.4, 0.5) is 26.2 Å². The van der Waals surface area contributed by atoms with Crippen LogP contribution < -0.4 is 20.3 Å². The molecule has 0 bridgehead atoms. The van der Waals surface area contributed by atoms with E-state index in [1.54, 1.807) is 47.4 Å². The van der Waals surface area contributed by atoms with Gasteiger partial charge in [-0.25, -0.2) is 9.18 Å². The molecule has 0 saturated carbocycles. The Balaban J connectivity index is 1.46. The Morgan fingerprint density at radius 3 is 2.50 bits per heavy atom. The summed E-state index contributed by atoms with van der Waals surface area (Å²) in [6.07, 6.45) is 0. The van der Waals surface area contributed by atoms with E-state index in [-0.39, 0.29) is 23.1 Å². The molecule has 1 atom stereocenters. The van der Waals surface area contributed by atoms with Gasteiger partial charge in [0.1, 0.15) is 16.9 Å². The maximum Gasteiger partial charge on any atom is 0.323 e. The summed E-state index contributed by atoms with van der Waals surface area (Å²) in [4.78, 5) is 26.6. The third-order valence-corrected chi connectivity index (χ3v) is 6.04. The van der Waals surface area contributed by atoms with Crippen LogP contribution in [0.25, 0.3) is 0 Å². The fraction of sp³-hybridized carbons (Fsp3) is 0.167. The lowest BCUT2D eigenvalue weighted by atomic mass is 10.1. The van der Waals surface area contributed by atoms with Crippen LogP contribution in [0.2, 0.25) is 0 Å². The lowest BCUT2D eigenvalue weighted by Crippen LogP contribution is -2.27. The normalized spacial score (nSPS) is 15.5. The molecule has 1 heterocycles. The van der Waals surface area contributed by atoms with Gasteiger partial charge >= 0.3 is 6.03 Å². The number of halogens is 1. The third-order valence-electron chi connectivity index (χ3n) is 4.83. The molecule has 0 aromatic heterocycles. The number of rotatable bonds is 6. The van der Waals surface area contributed by atoms with Crippen molar-refractivity contribution >= 4 is 40.8 Å². The van der Waals surface area contributed by atoms with Crippen molar-refractivity contribution in [2.24, 2.45) is 0 Å². The first-order valence-corrected chi connectivity index (χ1v) is 11.2. The molecule has 8 heteroatoms. The minimum absolute atomic E-state index is 0.0433. The van der Waals surface area contributed by atoms with Crippen molar-refractivity contribution in [1.82, 2.24) is 0 Å². The molecule has 6 nitrogen and oxygen atoms in total. The Bertz CT molecular complexity index is 1110. The van der Waals surface area contributed by atoms with Crippen molar-refractivity contribution in [3.05, 3.63) is 84.2 Å². The summed E-state index contributed by atoms with van der Waals surface area (Å²) in [5.41, 5.74) is 2.74. The second-order valence-corrected chi connectivity index (χ2v) is 8.13. The maximum atomic E-state index is 13.3. The Morgan fingerprint density at radius 1 is 1.06 bits per heavy atom. The van der Waals surface area contributed by atoms with Gasteiger partial charge in [0.25, 0.3) is 0 Å². The van der Waals surface area contributed by atoms with Gasteiger partial charge in [0.2, 0.25) is 5.91 Å². The number of benzene rings is 3. The zero-order valence-corrected chi connectivity index (χ0v) is 18.2. The molecule has 1 aliphatic heterocycles. The standard InChI is InChI=1S/C24H22FN3O3S/c1-2-31-21-12-8-18(9-13-21)26-24(30)27-19-5-3-4-16(14-19)23-28(22(29)15-32-23)20-10-6-17(25)7-11-20/h3-14,23H,2,15H2,1H3,(H2,26,27,30)/t23-/m1/s1. The molecule has 1 fully saturated rings. The van der Waals surface area contributed by atoms with Crippen LogP contribution in [-0.4, -0.2) is 24.3 Å². The second-order valence-electron chi connectivity index (χ2n) is 7.07. The fourth-order valence-corrected chi connectivity index (χ4v) is 4.58. The minimum Gasteiger partial charge on any atom is -0.494 e. The zero-order valence-electron chi connectivity index (χ0n) is 17.4. The molecule has 32 heavy (non-hydrogen) atoms. The number of hydrogen-bond acceptors (Lipinski definition) is 4. The van der Waals surface area contributed by atoms with Crippen LogP contribution in [0.1, 0.15) is 17.9 Å². The van der Waals surface area contributed by atoms with E-state index < -0.39 is 0 Å². The van der Waals surface area contributed by atoms with Crippen molar-refractivity contribution < 1.29 is 18.7 Å². The topological polar surface area (TPSA) is 70.7 Å². The highest BCUT2D eigenvalue weighted by Crippen LogP contribution is 2.42. The first kappa shape index (κ1) is 21.7. The molecule has 0 unspecified atom stereocenters. The largest absolute Gasteiger partial charge is 0.494 e. The van der Waals surface area contributed by atoms with Gasteiger partial charge in [-0.15, -0.1) is 11.8 Å². The molecule has 164 valence electrons. The van der Waals surface area contributed by atoms with E-state index in [9.17, 15) is 14.0 Å². The van der Waals surface area contributed by atoms with E-state index in [0.717, 1.165) is 11.3 Å². The van der Waals surface area contributed by atoms with Gasteiger partial charge < -0.3 is 15.4 Å². The third kappa shape index (κ3) is 5.03. The predicted molar refractivity (Wildman–Crippen MR) is 126 cm³/mol. The minimum atomic E-state index is -0.378. The van der Waals surface area contributed by atoms with Crippen LogP contribution in [0, 0.1) is 5.82 Å². The average molecular weight is 452 g/mol. The van der Waals surface area contributed by atoms with E-state index in [0.29, 0.717) is 29.4 Å². The number of thioether (sulfide) groups is 1. The quantitative estimate of drug-likeness (QED) is 0.508. The first-order valence-electron chi connectivity index (χ1n) is 10.1. The number of hydrogen-bond donors (Lipinski definition) is 2. The van der Waals surface area contributed by atoms with Gasteiger partial charge in [-0.1, -0.05) is 12.1 Å². The van der Waals surface area contributed by atoms with E-state index >= 15 is 0 Å². The Labute approximate surface area is 189 Å². The molecule has 1 saturated heterocycles. The number of urea groups is 1. The van der Waals surface area contributed by atoms with Crippen molar-refractivity contribution in [2.75, 3.05) is 27.9 Å². The SMILES string of the molecule is CCOc1ccc(NC(=O)Nc2cccc([C@H]3SCC(=O)N3c3ccc(F)cc3)c2)cc1. The van der Waals surface area contributed by atoms with Crippen molar-refractivity contribution in [2.45, 2.75) is 12.3 Å². The maximum absolute atomic E-state index is 13.3. The molecule has 1 aliphatic rings. The summed E-state index contributed by atoms with van der Waals surface area (Å²) in [5, 5.41) is 5.35. The number of anilines is 3. The lowest BCUT2D eigenvalue weighted by molar-refractivity contribution is -0.115. The number of amides is 3. The molecule has 3 amide bonds. The molecule has 2 N–H and O–H groups in total. The summed E-state index contributed by atoms with van der Waals surface area (Å²) in [7, 11) is 0. The number of ether oxygens (including phenoxy) is 1. The molecule has 0 radical (unpaired) electrons. The summed E-state index contributed by atoms with van der Waals surface area (Å²) in [5.74, 6) is 0.672. The van der Waals surface area contributed by atoms with Crippen LogP contribution >= 0.6 is 11.8 Å². The summed E-state index contributed by atoms with van der Waals surface area (Å²) < 4.78 is 18.7. The average Bonchev–Trinajstić information content (AvgIpc) is 3.17. The fourth-order valence-electron chi connectivity index (χ4n) is 3.42. The number of nitrogens with one attached hydrogen (secondary N) is 2. The van der Waals surface area contributed by atoms with Crippen molar-refractivity contribution in [1.29, 1.82) is 0 Å². The number of nitrogens with zero attached hydrogens (tertiary/aromatic N) is 1. The smallest absolute Gasteiger partial charge is 0.323 e.